The number of benzene rings is 1. The van der Waals surface area contributed by atoms with Crippen molar-refractivity contribution in [3.05, 3.63) is 64.7 Å². The van der Waals surface area contributed by atoms with E-state index in [9.17, 15) is 14.0 Å². The topological polar surface area (TPSA) is 155 Å². The predicted octanol–water partition coefficient (Wildman–Crippen LogP) is 3.84. The largest absolute Gasteiger partial charge is 0.383 e. The van der Waals surface area contributed by atoms with E-state index in [4.69, 9.17) is 27.6 Å². The molecule has 0 aliphatic carbocycles. The first kappa shape index (κ1) is 23.9. The van der Waals surface area contributed by atoms with E-state index in [-0.39, 0.29) is 34.8 Å². The number of nitrogens with zero attached hydrogens (tertiary/aromatic N) is 4. The second kappa shape index (κ2) is 9.55. The molecule has 0 spiro atoms. The number of halogens is 2. The summed E-state index contributed by atoms with van der Waals surface area (Å²) >= 11 is 5.69. The van der Waals surface area contributed by atoms with Crippen LogP contribution in [0.2, 0.25) is 5.02 Å². The van der Waals surface area contributed by atoms with Crippen LogP contribution in [0.4, 0.5) is 16.1 Å². The highest BCUT2D eigenvalue weighted by Gasteiger charge is 2.23. The SMILES string of the molecule is CC(C)n1nc(-c2ccc(CC(=O)Nc3cc(-c4ccc(Cl)c(F)c4)no3)nc2)c(C(N)=O)c1N. The zero-order valence-electron chi connectivity index (χ0n) is 18.8. The Morgan fingerprint density at radius 2 is 1.94 bits per heavy atom. The molecule has 0 saturated heterocycles. The van der Waals surface area contributed by atoms with Crippen molar-refractivity contribution in [2.24, 2.45) is 5.73 Å². The van der Waals surface area contributed by atoms with Crippen molar-refractivity contribution in [1.29, 1.82) is 0 Å². The highest BCUT2D eigenvalue weighted by Crippen LogP contribution is 2.29. The molecule has 4 rings (SSSR count). The van der Waals surface area contributed by atoms with Gasteiger partial charge in [0.25, 0.3) is 5.91 Å². The molecule has 0 atom stereocenters. The molecule has 0 radical (unpaired) electrons. The number of primary amides is 1. The van der Waals surface area contributed by atoms with Crippen LogP contribution in [0.25, 0.3) is 22.5 Å². The molecule has 35 heavy (non-hydrogen) atoms. The average molecular weight is 498 g/mol. The molecule has 3 aromatic heterocycles. The number of carbonyl (C=O) groups excluding carboxylic acids is 2. The minimum Gasteiger partial charge on any atom is -0.383 e. The van der Waals surface area contributed by atoms with Gasteiger partial charge in [0.2, 0.25) is 11.8 Å². The molecule has 5 N–H and O–H groups in total. The lowest BCUT2D eigenvalue weighted by molar-refractivity contribution is -0.115. The highest BCUT2D eigenvalue weighted by molar-refractivity contribution is 6.30. The zero-order valence-corrected chi connectivity index (χ0v) is 19.5. The van der Waals surface area contributed by atoms with Gasteiger partial charge in [0.05, 0.1) is 11.4 Å². The van der Waals surface area contributed by atoms with Crippen LogP contribution in [0.1, 0.15) is 35.9 Å². The van der Waals surface area contributed by atoms with Gasteiger partial charge in [0, 0.05) is 35.1 Å². The van der Waals surface area contributed by atoms with Crippen LogP contribution < -0.4 is 16.8 Å². The van der Waals surface area contributed by atoms with Crippen molar-refractivity contribution in [3.8, 4) is 22.5 Å². The fraction of sp³-hybridized carbons (Fsp3) is 0.174. The summed E-state index contributed by atoms with van der Waals surface area (Å²) in [6.07, 6.45) is 1.43. The highest BCUT2D eigenvalue weighted by atomic mass is 35.5. The second-order valence-corrected chi connectivity index (χ2v) is 8.39. The summed E-state index contributed by atoms with van der Waals surface area (Å²) in [7, 11) is 0. The van der Waals surface area contributed by atoms with Crippen LogP contribution in [0, 0.1) is 5.82 Å². The van der Waals surface area contributed by atoms with Crippen LogP contribution in [-0.4, -0.2) is 31.7 Å². The molecule has 0 bridgehead atoms. The smallest absolute Gasteiger partial charge is 0.254 e. The lowest BCUT2D eigenvalue weighted by Crippen LogP contribution is -2.15. The molecule has 3 heterocycles. The summed E-state index contributed by atoms with van der Waals surface area (Å²) < 4.78 is 20.3. The Bertz CT molecular complexity index is 1410. The first-order chi connectivity index (χ1) is 16.6. The van der Waals surface area contributed by atoms with Gasteiger partial charge in [0.15, 0.2) is 0 Å². The van der Waals surface area contributed by atoms with E-state index in [1.165, 1.54) is 29.1 Å². The number of aromatic nitrogens is 4. The number of nitrogens with two attached hydrogens (primary N) is 2. The number of nitrogen functional groups attached to an aromatic ring is 1. The minimum absolute atomic E-state index is 0.00752. The van der Waals surface area contributed by atoms with E-state index in [1.807, 2.05) is 13.8 Å². The predicted molar refractivity (Wildman–Crippen MR) is 128 cm³/mol. The number of nitrogens with one attached hydrogen (secondary N) is 1. The number of amides is 2. The Morgan fingerprint density at radius 1 is 1.20 bits per heavy atom. The Hall–Kier alpha value is -4.25. The summed E-state index contributed by atoms with van der Waals surface area (Å²) in [4.78, 5) is 28.7. The van der Waals surface area contributed by atoms with Crippen molar-refractivity contribution in [2.45, 2.75) is 26.3 Å². The lowest BCUT2D eigenvalue weighted by Gasteiger charge is -2.06. The van der Waals surface area contributed by atoms with Gasteiger partial charge >= 0.3 is 0 Å². The third kappa shape index (κ3) is 4.99. The Kier molecular flexibility index (Phi) is 6.52. The minimum atomic E-state index is -0.694. The van der Waals surface area contributed by atoms with Gasteiger partial charge in [-0.3, -0.25) is 19.9 Å². The molecule has 180 valence electrons. The summed E-state index contributed by atoms with van der Waals surface area (Å²) in [5.74, 6) is -1.41. The van der Waals surface area contributed by atoms with Gasteiger partial charge in [-0.15, -0.1) is 0 Å². The lowest BCUT2D eigenvalue weighted by atomic mass is 10.1. The molecular formula is C23H21ClFN7O3. The van der Waals surface area contributed by atoms with Crippen LogP contribution in [0.5, 0.6) is 0 Å². The maximum absolute atomic E-state index is 13.7. The van der Waals surface area contributed by atoms with E-state index >= 15 is 0 Å². The average Bonchev–Trinajstić information content (AvgIpc) is 3.40. The molecule has 0 aliphatic rings. The molecule has 1 aromatic carbocycles. The molecule has 4 aromatic rings. The monoisotopic (exact) mass is 497 g/mol. The van der Waals surface area contributed by atoms with E-state index in [2.05, 4.69) is 20.6 Å². The van der Waals surface area contributed by atoms with Crippen LogP contribution in [0.3, 0.4) is 0 Å². The van der Waals surface area contributed by atoms with Crippen molar-refractivity contribution < 1.29 is 18.5 Å². The number of carbonyl (C=O) groups is 2. The summed E-state index contributed by atoms with van der Waals surface area (Å²) in [5.41, 5.74) is 13.8. The third-order valence-electron chi connectivity index (χ3n) is 5.11. The number of rotatable bonds is 7. The standard InChI is InChI=1S/C23H21ClFN7O3/c1-11(2)32-22(26)20(23(27)34)21(30-32)13-3-5-14(28-10-13)8-18(33)29-19-9-17(31-35-19)12-4-6-15(24)16(25)7-12/h3-7,9-11H,8,26H2,1-2H3,(H2,27,34)(H,29,33). The fourth-order valence-corrected chi connectivity index (χ4v) is 3.54. The maximum atomic E-state index is 13.7. The van der Waals surface area contributed by atoms with E-state index in [1.54, 1.807) is 18.2 Å². The summed E-state index contributed by atoms with van der Waals surface area (Å²) in [6, 6.07) is 8.91. The molecule has 0 saturated carbocycles. The molecular weight excluding hydrogens is 477 g/mol. The quantitative estimate of drug-likeness (QED) is 0.350. The van der Waals surface area contributed by atoms with Gasteiger partial charge < -0.3 is 16.0 Å². The Labute approximate surface area is 204 Å². The Morgan fingerprint density at radius 3 is 2.57 bits per heavy atom. The molecule has 0 aliphatic heterocycles. The first-order valence-electron chi connectivity index (χ1n) is 10.5. The number of anilines is 2. The van der Waals surface area contributed by atoms with Gasteiger partial charge in [-0.1, -0.05) is 22.8 Å². The molecule has 0 unspecified atom stereocenters. The van der Waals surface area contributed by atoms with Crippen molar-refractivity contribution in [2.75, 3.05) is 11.1 Å². The van der Waals surface area contributed by atoms with Gasteiger partial charge in [0.1, 0.15) is 28.6 Å². The van der Waals surface area contributed by atoms with Gasteiger partial charge in [-0.05, 0) is 38.1 Å². The number of pyridine rings is 1. The van der Waals surface area contributed by atoms with Crippen molar-refractivity contribution in [1.82, 2.24) is 19.9 Å². The molecule has 2 amide bonds. The van der Waals surface area contributed by atoms with Crippen LogP contribution >= 0.6 is 11.6 Å². The summed E-state index contributed by atoms with van der Waals surface area (Å²) in [6.45, 7) is 3.76. The zero-order chi connectivity index (χ0) is 25.3. The molecule has 10 nitrogen and oxygen atoms in total. The first-order valence-corrected chi connectivity index (χ1v) is 10.9. The van der Waals surface area contributed by atoms with Gasteiger partial charge in [-0.2, -0.15) is 5.10 Å². The molecule has 0 fully saturated rings. The number of hydrogen-bond acceptors (Lipinski definition) is 7. The normalized spacial score (nSPS) is 11.1. The van der Waals surface area contributed by atoms with Crippen molar-refractivity contribution in [3.63, 3.8) is 0 Å². The fourth-order valence-electron chi connectivity index (χ4n) is 3.43. The molecule has 12 heteroatoms. The van der Waals surface area contributed by atoms with Gasteiger partial charge in [-0.25, -0.2) is 9.07 Å². The van der Waals surface area contributed by atoms with Crippen molar-refractivity contribution >= 4 is 35.1 Å². The maximum Gasteiger partial charge on any atom is 0.254 e. The Balaban J connectivity index is 1.46. The van der Waals surface area contributed by atoms with Crippen LogP contribution in [-0.2, 0) is 11.2 Å². The van der Waals surface area contributed by atoms with E-state index < -0.39 is 17.6 Å². The summed E-state index contributed by atoms with van der Waals surface area (Å²) in [5, 5.41) is 10.8. The second-order valence-electron chi connectivity index (χ2n) is 7.98. The van der Waals surface area contributed by atoms with E-state index in [0.29, 0.717) is 28.2 Å². The van der Waals surface area contributed by atoms with E-state index in [0.717, 1.165) is 0 Å². The third-order valence-corrected chi connectivity index (χ3v) is 5.42. The van der Waals surface area contributed by atoms with Crippen LogP contribution in [0.15, 0.2) is 47.1 Å². The number of hydrogen-bond donors (Lipinski definition) is 3.